The summed E-state index contributed by atoms with van der Waals surface area (Å²) in [6, 6.07) is 4.35. The van der Waals surface area contributed by atoms with Gasteiger partial charge in [0.05, 0.1) is 0 Å². The quantitative estimate of drug-likeness (QED) is 0.864. The maximum atomic E-state index is 14.0. The summed E-state index contributed by atoms with van der Waals surface area (Å²) in [4.78, 5) is 2.42. The fourth-order valence-corrected chi connectivity index (χ4v) is 3.89. The zero-order valence-corrected chi connectivity index (χ0v) is 14.4. The fourth-order valence-electron chi connectivity index (χ4n) is 3.89. The number of benzene rings is 1. The number of halogens is 3. The summed E-state index contributed by atoms with van der Waals surface area (Å²) in [6.07, 6.45) is 7.30. The highest BCUT2D eigenvalue weighted by atomic mass is 35.5. The summed E-state index contributed by atoms with van der Waals surface area (Å²) >= 11 is 0. The summed E-state index contributed by atoms with van der Waals surface area (Å²) in [6.45, 7) is 3.72. The Kier molecular flexibility index (Phi) is 7.25. The third kappa shape index (κ3) is 5.13. The number of nitrogens with one attached hydrogen (secondary N) is 1. The molecule has 2 nitrogen and oxygen atoms in total. The normalized spacial score (nSPS) is 20.0. The molecule has 5 heteroatoms. The lowest BCUT2D eigenvalue weighted by molar-refractivity contribution is 0.143. The molecule has 0 aromatic heterocycles. The zero-order chi connectivity index (χ0) is 15.4. The molecule has 0 atom stereocenters. The van der Waals surface area contributed by atoms with E-state index in [4.69, 9.17) is 0 Å². The topological polar surface area (TPSA) is 15.3 Å². The Labute approximate surface area is 144 Å². The molecule has 1 saturated heterocycles. The van der Waals surface area contributed by atoms with Gasteiger partial charge in [-0.2, -0.15) is 0 Å². The van der Waals surface area contributed by atoms with Gasteiger partial charge in [-0.15, -0.1) is 12.4 Å². The first-order chi connectivity index (χ1) is 10.7. The largest absolute Gasteiger partial charge is 0.317 e. The Morgan fingerprint density at radius 1 is 1.04 bits per heavy atom. The van der Waals surface area contributed by atoms with E-state index in [2.05, 4.69) is 10.2 Å². The van der Waals surface area contributed by atoms with Gasteiger partial charge in [0.15, 0.2) is 0 Å². The van der Waals surface area contributed by atoms with Gasteiger partial charge < -0.3 is 5.32 Å². The van der Waals surface area contributed by atoms with E-state index >= 15 is 0 Å². The monoisotopic (exact) mass is 344 g/mol. The number of hydrogen-bond acceptors (Lipinski definition) is 2. The van der Waals surface area contributed by atoms with Crippen LogP contribution in [0.1, 0.15) is 44.1 Å². The molecule has 1 aliphatic carbocycles. The maximum Gasteiger partial charge on any atom is 0.127 e. The van der Waals surface area contributed by atoms with Crippen LogP contribution in [0.2, 0.25) is 0 Å². The molecule has 1 aromatic carbocycles. The molecule has 3 rings (SSSR count). The van der Waals surface area contributed by atoms with Crippen molar-refractivity contribution in [1.29, 1.82) is 0 Å². The van der Waals surface area contributed by atoms with Gasteiger partial charge in [-0.25, -0.2) is 8.78 Å². The highest BCUT2D eigenvalue weighted by molar-refractivity contribution is 5.85. The second kappa shape index (κ2) is 8.95. The van der Waals surface area contributed by atoms with Crippen molar-refractivity contribution in [2.75, 3.05) is 19.6 Å². The van der Waals surface area contributed by atoms with Crippen molar-refractivity contribution < 1.29 is 8.78 Å². The molecule has 130 valence electrons. The minimum Gasteiger partial charge on any atom is -0.317 e. The first-order valence-electron chi connectivity index (χ1n) is 8.61. The van der Waals surface area contributed by atoms with Crippen molar-refractivity contribution >= 4 is 12.4 Å². The van der Waals surface area contributed by atoms with Gasteiger partial charge in [0, 0.05) is 24.7 Å². The lowest BCUT2D eigenvalue weighted by Gasteiger charge is -2.34. The second-order valence-electron chi connectivity index (χ2n) is 6.80. The van der Waals surface area contributed by atoms with E-state index in [1.165, 1.54) is 56.7 Å². The molecule has 0 amide bonds. The van der Waals surface area contributed by atoms with Crippen LogP contribution < -0.4 is 5.32 Å². The molecule has 2 aliphatic rings. The molecule has 1 N–H and O–H groups in total. The molecule has 23 heavy (non-hydrogen) atoms. The molecule has 2 fully saturated rings. The van der Waals surface area contributed by atoms with Crippen molar-refractivity contribution in [3.63, 3.8) is 0 Å². The minimum absolute atomic E-state index is 0. The number of hydrogen-bond donors (Lipinski definition) is 1. The highest BCUT2D eigenvalue weighted by Gasteiger charge is 2.26. The first-order valence-corrected chi connectivity index (χ1v) is 8.61. The van der Waals surface area contributed by atoms with Gasteiger partial charge in [0.25, 0.3) is 0 Å². The fraction of sp³-hybridized carbons (Fsp3) is 0.667. The molecule has 1 aliphatic heterocycles. The van der Waals surface area contributed by atoms with Gasteiger partial charge in [0.1, 0.15) is 11.6 Å². The minimum atomic E-state index is -0.343. The van der Waals surface area contributed by atoms with Crippen LogP contribution in [0.15, 0.2) is 18.2 Å². The maximum absolute atomic E-state index is 14.0. The van der Waals surface area contributed by atoms with Gasteiger partial charge >= 0.3 is 0 Å². The van der Waals surface area contributed by atoms with E-state index in [0.717, 1.165) is 19.6 Å². The average Bonchev–Trinajstić information content (AvgIpc) is 3.05. The van der Waals surface area contributed by atoms with Gasteiger partial charge in [-0.1, -0.05) is 12.8 Å². The van der Waals surface area contributed by atoms with E-state index in [1.54, 1.807) is 0 Å². The molecule has 0 spiro atoms. The first kappa shape index (κ1) is 18.6. The van der Waals surface area contributed by atoms with Gasteiger partial charge in [-0.3, -0.25) is 4.90 Å². The Morgan fingerprint density at radius 2 is 1.74 bits per heavy atom. The van der Waals surface area contributed by atoms with E-state index in [9.17, 15) is 8.78 Å². The van der Waals surface area contributed by atoms with Crippen LogP contribution in [0.4, 0.5) is 8.78 Å². The lowest BCUT2D eigenvalue weighted by atomic mass is 9.96. The molecule has 0 bridgehead atoms. The molecule has 1 saturated carbocycles. The van der Waals surface area contributed by atoms with Crippen LogP contribution in [0.5, 0.6) is 0 Å². The summed E-state index contributed by atoms with van der Waals surface area (Å²) in [5, 5.41) is 3.40. The molecule has 0 unspecified atom stereocenters. The summed E-state index contributed by atoms with van der Waals surface area (Å²) in [5.74, 6) is 0.0535. The molecule has 1 aromatic rings. The van der Waals surface area contributed by atoms with Crippen LogP contribution in [0.3, 0.4) is 0 Å². The predicted octanol–water partition coefficient (Wildman–Crippen LogP) is 4.13. The summed E-state index contributed by atoms with van der Waals surface area (Å²) < 4.78 is 27.4. The van der Waals surface area contributed by atoms with Crippen LogP contribution in [-0.4, -0.2) is 30.6 Å². The lowest BCUT2D eigenvalue weighted by Crippen LogP contribution is -2.40. The summed E-state index contributed by atoms with van der Waals surface area (Å²) in [7, 11) is 0. The third-order valence-electron chi connectivity index (χ3n) is 5.17. The van der Waals surface area contributed by atoms with E-state index in [0.29, 0.717) is 24.1 Å². The second-order valence-corrected chi connectivity index (χ2v) is 6.80. The summed E-state index contributed by atoms with van der Waals surface area (Å²) in [5.41, 5.74) is 0.501. The van der Waals surface area contributed by atoms with Crippen molar-refractivity contribution in [2.24, 2.45) is 5.92 Å². The Bertz CT molecular complexity index is 486. The average molecular weight is 345 g/mol. The zero-order valence-electron chi connectivity index (χ0n) is 13.6. The van der Waals surface area contributed by atoms with Crippen LogP contribution >= 0.6 is 12.4 Å². The van der Waals surface area contributed by atoms with Crippen molar-refractivity contribution in [3.05, 3.63) is 35.4 Å². The van der Waals surface area contributed by atoms with Crippen molar-refractivity contribution in [3.8, 4) is 0 Å². The Morgan fingerprint density at radius 3 is 2.43 bits per heavy atom. The molecular weight excluding hydrogens is 318 g/mol. The van der Waals surface area contributed by atoms with Crippen LogP contribution in [-0.2, 0) is 6.54 Å². The Hall–Kier alpha value is -0.710. The number of piperidine rings is 1. The molecular formula is C18H27ClF2N2. The Balaban J connectivity index is 0.00000192. The van der Waals surface area contributed by atoms with E-state index in [1.807, 2.05) is 0 Å². The highest BCUT2D eigenvalue weighted by Crippen LogP contribution is 2.28. The van der Waals surface area contributed by atoms with Crippen molar-refractivity contribution in [1.82, 2.24) is 10.2 Å². The third-order valence-corrected chi connectivity index (χ3v) is 5.17. The van der Waals surface area contributed by atoms with Crippen molar-refractivity contribution in [2.45, 2.75) is 51.1 Å². The van der Waals surface area contributed by atoms with Crippen LogP contribution in [0.25, 0.3) is 0 Å². The van der Waals surface area contributed by atoms with Gasteiger partial charge in [-0.05, 0) is 62.9 Å². The van der Waals surface area contributed by atoms with E-state index in [-0.39, 0.29) is 24.0 Å². The SMILES string of the molecule is Cl.Fc1ccc(F)c(CN(CC2CCNCC2)C2CCCC2)c1. The predicted molar refractivity (Wildman–Crippen MR) is 91.9 cm³/mol. The smallest absolute Gasteiger partial charge is 0.127 e. The molecule has 0 radical (unpaired) electrons. The van der Waals surface area contributed by atoms with Gasteiger partial charge in [0.2, 0.25) is 0 Å². The molecule has 1 heterocycles. The van der Waals surface area contributed by atoms with E-state index < -0.39 is 0 Å². The standard InChI is InChI=1S/C18H26F2N2.ClH/c19-16-5-6-18(20)15(11-16)13-22(17-3-1-2-4-17)12-14-7-9-21-10-8-14;/h5-6,11,14,17,21H,1-4,7-10,12-13H2;1H. The van der Waals surface area contributed by atoms with Crippen LogP contribution in [0, 0.1) is 17.6 Å². The number of rotatable bonds is 5. The number of nitrogens with zero attached hydrogens (tertiary/aromatic N) is 1.